The average Bonchev–Trinajstić information content (AvgIpc) is 2.55. The Labute approximate surface area is 105 Å². The molecule has 0 saturated carbocycles. The number of nitrogens with one attached hydrogen (secondary N) is 1. The highest BCUT2D eigenvalue weighted by molar-refractivity contribution is 5.15. The zero-order chi connectivity index (χ0) is 12.4. The largest absolute Gasteiger partial charge is 0.326 e. The SMILES string of the molecule is CC1=CC(C)CC(CNn2c(C)ccc2C)C1. The first-order valence-corrected chi connectivity index (χ1v) is 6.62. The molecule has 0 bridgehead atoms. The molecule has 2 atom stereocenters. The van der Waals surface area contributed by atoms with E-state index in [1.54, 1.807) is 5.57 Å². The quantitative estimate of drug-likeness (QED) is 0.787. The third-order valence-electron chi connectivity index (χ3n) is 3.69. The molecular weight excluding hydrogens is 208 g/mol. The molecule has 0 fully saturated rings. The number of aryl methyl sites for hydroxylation is 2. The van der Waals surface area contributed by atoms with Crippen molar-refractivity contribution in [3.8, 4) is 0 Å². The highest BCUT2D eigenvalue weighted by Crippen LogP contribution is 2.27. The van der Waals surface area contributed by atoms with Gasteiger partial charge < -0.3 is 5.43 Å². The minimum atomic E-state index is 0.738. The van der Waals surface area contributed by atoms with Crippen molar-refractivity contribution < 1.29 is 0 Å². The molecule has 1 aliphatic carbocycles. The Kier molecular flexibility index (Phi) is 3.60. The van der Waals surface area contributed by atoms with E-state index in [9.17, 15) is 0 Å². The molecule has 1 aliphatic rings. The van der Waals surface area contributed by atoms with Crippen molar-refractivity contribution in [1.29, 1.82) is 0 Å². The summed E-state index contributed by atoms with van der Waals surface area (Å²) in [7, 11) is 0. The minimum Gasteiger partial charge on any atom is -0.326 e. The topological polar surface area (TPSA) is 17.0 Å². The Morgan fingerprint density at radius 1 is 1.24 bits per heavy atom. The maximum absolute atomic E-state index is 3.56. The average molecular weight is 232 g/mol. The predicted octanol–water partition coefficient (Wildman–Crippen LogP) is 3.64. The lowest BCUT2D eigenvalue weighted by Gasteiger charge is -2.26. The van der Waals surface area contributed by atoms with E-state index < -0.39 is 0 Å². The zero-order valence-corrected chi connectivity index (χ0v) is 11.5. The Hall–Kier alpha value is -1.18. The lowest BCUT2D eigenvalue weighted by atomic mass is 9.84. The van der Waals surface area contributed by atoms with Crippen LogP contribution in [0.1, 0.15) is 38.1 Å². The van der Waals surface area contributed by atoms with E-state index in [1.807, 2.05) is 0 Å². The summed E-state index contributed by atoms with van der Waals surface area (Å²) in [6.45, 7) is 9.95. The molecule has 0 aliphatic heterocycles. The molecule has 0 radical (unpaired) electrons. The van der Waals surface area contributed by atoms with Gasteiger partial charge in [-0.3, -0.25) is 4.68 Å². The van der Waals surface area contributed by atoms with Gasteiger partial charge in [-0.1, -0.05) is 18.6 Å². The molecule has 94 valence electrons. The fourth-order valence-corrected chi connectivity index (χ4v) is 2.98. The van der Waals surface area contributed by atoms with E-state index in [0.29, 0.717) is 0 Å². The molecule has 2 rings (SSSR count). The Morgan fingerprint density at radius 3 is 2.47 bits per heavy atom. The van der Waals surface area contributed by atoms with Crippen LogP contribution >= 0.6 is 0 Å². The fourth-order valence-electron chi connectivity index (χ4n) is 2.98. The maximum Gasteiger partial charge on any atom is 0.0366 e. The van der Waals surface area contributed by atoms with Gasteiger partial charge in [-0.2, -0.15) is 0 Å². The van der Waals surface area contributed by atoms with Gasteiger partial charge in [0.1, 0.15) is 0 Å². The first-order valence-electron chi connectivity index (χ1n) is 6.62. The number of rotatable bonds is 3. The molecule has 2 nitrogen and oxygen atoms in total. The van der Waals surface area contributed by atoms with Gasteiger partial charge in [-0.25, -0.2) is 0 Å². The number of aromatic nitrogens is 1. The van der Waals surface area contributed by atoms with Crippen LogP contribution in [0.15, 0.2) is 23.8 Å². The van der Waals surface area contributed by atoms with E-state index >= 15 is 0 Å². The Balaban J connectivity index is 1.93. The third-order valence-corrected chi connectivity index (χ3v) is 3.69. The van der Waals surface area contributed by atoms with Gasteiger partial charge in [-0.05, 0) is 57.6 Å². The summed E-state index contributed by atoms with van der Waals surface area (Å²) in [5.41, 5.74) is 7.69. The van der Waals surface area contributed by atoms with Gasteiger partial charge in [0.05, 0.1) is 0 Å². The fraction of sp³-hybridized carbons (Fsp3) is 0.600. The molecule has 1 N–H and O–H groups in total. The van der Waals surface area contributed by atoms with Crippen LogP contribution in [0, 0.1) is 25.7 Å². The normalized spacial score (nSPS) is 24.6. The van der Waals surface area contributed by atoms with E-state index in [2.05, 4.69) is 56.0 Å². The standard InChI is InChI=1S/C15H24N2/c1-11-7-12(2)9-15(8-11)10-16-17-13(3)5-6-14(17)4/h5-7,11,15-16H,8-10H2,1-4H3. The lowest BCUT2D eigenvalue weighted by molar-refractivity contribution is 0.411. The number of hydrogen-bond donors (Lipinski definition) is 1. The van der Waals surface area contributed by atoms with Crippen LogP contribution in [0.4, 0.5) is 0 Å². The van der Waals surface area contributed by atoms with Crippen LogP contribution in [0.25, 0.3) is 0 Å². The van der Waals surface area contributed by atoms with Gasteiger partial charge in [0.25, 0.3) is 0 Å². The van der Waals surface area contributed by atoms with Crippen molar-refractivity contribution >= 4 is 0 Å². The predicted molar refractivity (Wildman–Crippen MR) is 73.8 cm³/mol. The summed E-state index contributed by atoms with van der Waals surface area (Å²) in [4.78, 5) is 0. The van der Waals surface area contributed by atoms with Gasteiger partial charge in [0.15, 0.2) is 0 Å². The van der Waals surface area contributed by atoms with Crippen molar-refractivity contribution in [3.63, 3.8) is 0 Å². The van der Waals surface area contributed by atoms with E-state index in [-0.39, 0.29) is 0 Å². The van der Waals surface area contributed by atoms with Crippen molar-refractivity contribution in [2.75, 3.05) is 12.0 Å². The summed E-state index contributed by atoms with van der Waals surface area (Å²) >= 11 is 0. The lowest BCUT2D eigenvalue weighted by Crippen LogP contribution is -2.26. The number of allylic oxidation sites excluding steroid dienone is 2. The molecule has 2 unspecified atom stereocenters. The maximum atomic E-state index is 3.56. The summed E-state index contributed by atoms with van der Waals surface area (Å²) in [5.74, 6) is 1.51. The van der Waals surface area contributed by atoms with Crippen LogP contribution in [-0.4, -0.2) is 11.2 Å². The van der Waals surface area contributed by atoms with Crippen molar-refractivity contribution in [2.24, 2.45) is 11.8 Å². The first kappa shape index (κ1) is 12.3. The minimum absolute atomic E-state index is 0.738. The summed E-state index contributed by atoms with van der Waals surface area (Å²) in [6.07, 6.45) is 4.98. The summed E-state index contributed by atoms with van der Waals surface area (Å²) in [6, 6.07) is 4.33. The molecule has 1 aromatic rings. The smallest absolute Gasteiger partial charge is 0.0366 e. The summed E-state index contributed by atoms with van der Waals surface area (Å²) < 4.78 is 2.21. The molecule has 0 saturated heterocycles. The number of hydrogen-bond acceptors (Lipinski definition) is 1. The summed E-state index contributed by atoms with van der Waals surface area (Å²) in [5, 5.41) is 0. The van der Waals surface area contributed by atoms with Gasteiger partial charge in [-0.15, -0.1) is 0 Å². The van der Waals surface area contributed by atoms with Crippen LogP contribution < -0.4 is 5.43 Å². The molecule has 2 heteroatoms. The van der Waals surface area contributed by atoms with Crippen molar-refractivity contribution in [3.05, 3.63) is 35.2 Å². The van der Waals surface area contributed by atoms with E-state index in [4.69, 9.17) is 0 Å². The van der Waals surface area contributed by atoms with E-state index in [0.717, 1.165) is 18.4 Å². The second kappa shape index (κ2) is 4.99. The molecule has 1 aromatic heterocycles. The van der Waals surface area contributed by atoms with Crippen molar-refractivity contribution in [1.82, 2.24) is 4.68 Å². The Morgan fingerprint density at radius 2 is 1.88 bits per heavy atom. The monoisotopic (exact) mass is 232 g/mol. The highest BCUT2D eigenvalue weighted by Gasteiger charge is 2.18. The Bertz CT molecular complexity index is 395. The molecule has 0 aromatic carbocycles. The molecule has 17 heavy (non-hydrogen) atoms. The van der Waals surface area contributed by atoms with Crippen LogP contribution in [-0.2, 0) is 0 Å². The van der Waals surface area contributed by atoms with E-state index in [1.165, 1.54) is 24.2 Å². The van der Waals surface area contributed by atoms with Gasteiger partial charge >= 0.3 is 0 Å². The van der Waals surface area contributed by atoms with Crippen LogP contribution in [0.5, 0.6) is 0 Å². The molecule has 1 heterocycles. The third kappa shape index (κ3) is 2.93. The number of nitrogens with zero attached hydrogens (tertiary/aromatic N) is 1. The van der Waals surface area contributed by atoms with Gasteiger partial charge in [0.2, 0.25) is 0 Å². The zero-order valence-electron chi connectivity index (χ0n) is 11.5. The van der Waals surface area contributed by atoms with Crippen LogP contribution in [0.2, 0.25) is 0 Å². The molecular formula is C15H24N2. The van der Waals surface area contributed by atoms with Crippen LogP contribution in [0.3, 0.4) is 0 Å². The van der Waals surface area contributed by atoms with Gasteiger partial charge in [0, 0.05) is 17.9 Å². The highest BCUT2D eigenvalue weighted by atomic mass is 15.4. The first-order chi connectivity index (χ1) is 8.06. The second-order valence-electron chi connectivity index (χ2n) is 5.61. The second-order valence-corrected chi connectivity index (χ2v) is 5.61. The molecule has 0 spiro atoms. The van der Waals surface area contributed by atoms with Crippen molar-refractivity contribution in [2.45, 2.75) is 40.5 Å². The molecule has 0 amide bonds.